The van der Waals surface area contributed by atoms with Crippen LogP contribution in [-0.2, 0) is 9.53 Å². The molecule has 1 saturated heterocycles. The Labute approximate surface area is 106 Å². The van der Waals surface area contributed by atoms with Gasteiger partial charge < -0.3 is 9.64 Å². The second-order valence-corrected chi connectivity index (χ2v) is 4.33. The maximum Gasteiger partial charge on any atom is 0.251 e. The van der Waals surface area contributed by atoms with Crippen LogP contribution >= 0.6 is 0 Å². The molecule has 1 fully saturated rings. The lowest BCUT2D eigenvalue weighted by Gasteiger charge is -2.37. The highest BCUT2D eigenvalue weighted by Crippen LogP contribution is 2.07. The van der Waals surface area contributed by atoms with E-state index in [-0.39, 0.29) is 12.0 Å². The number of carbonyl (C=O) groups is 1. The molecule has 0 bridgehead atoms. The molecule has 102 valence electrons. The SMILES string of the molecule is CC.COC(C)C(=O)N1CCN(C(C)C)CC1. The summed E-state index contributed by atoms with van der Waals surface area (Å²) < 4.78 is 5.03. The van der Waals surface area contributed by atoms with Crippen LogP contribution in [0.15, 0.2) is 0 Å². The third kappa shape index (κ3) is 5.04. The molecule has 4 nitrogen and oxygen atoms in total. The third-order valence-corrected chi connectivity index (χ3v) is 3.06. The first-order valence-electron chi connectivity index (χ1n) is 6.62. The topological polar surface area (TPSA) is 32.8 Å². The molecule has 0 aromatic rings. The van der Waals surface area contributed by atoms with Crippen LogP contribution in [0.1, 0.15) is 34.6 Å². The van der Waals surface area contributed by atoms with E-state index in [2.05, 4.69) is 18.7 Å². The lowest BCUT2D eigenvalue weighted by molar-refractivity contribution is -0.142. The molecular weight excluding hydrogens is 216 g/mol. The molecule has 0 spiro atoms. The second-order valence-electron chi connectivity index (χ2n) is 4.33. The average Bonchev–Trinajstić information content (AvgIpc) is 2.39. The Bertz CT molecular complexity index is 211. The lowest BCUT2D eigenvalue weighted by Crippen LogP contribution is -2.52. The van der Waals surface area contributed by atoms with Gasteiger partial charge in [-0.1, -0.05) is 13.8 Å². The molecule has 0 saturated carbocycles. The first-order valence-corrected chi connectivity index (χ1v) is 6.62. The summed E-state index contributed by atoms with van der Waals surface area (Å²) in [6.07, 6.45) is -0.310. The summed E-state index contributed by atoms with van der Waals surface area (Å²) in [5.74, 6) is 0.112. The van der Waals surface area contributed by atoms with Gasteiger partial charge in [-0.05, 0) is 20.8 Å². The van der Waals surface area contributed by atoms with Crippen molar-refractivity contribution in [3.05, 3.63) is 0 Å². The molecule has 0 aromatic carbocycles. The largest absolute Gasteiger partial charge is 0.372 e. The predicted octanol–water partition coefficient (Wildman–Crippen LogP) is 1.60. The highest BCUT2D eigenvalue weighted by Gasteiger charge is 2.25. The summed E-state index contributed by atoms with van der Waals surface area (Å²) in [6.45, 7) is 13.8. The van der Waals surface area contributed by atoms with Crippen LogP contribution in [0, 0.1) is 0 Å². The quantitative estimate of drug-likeness (QED) is 0.756. The van der Waals surface area contributed by atoms with Gasteiger partial charge in [0.15, 0.2) is 0 Å². The number of hydrogen-bond donors (Lipinski definition) is 0. The van der Waals surface area contributed by atoms with Crippen molar-refractivity contribution in [1.82, 2.24) is 9.80 Å². The number of hydrogen-bond acceptors (Lipinski definition) is 3. The fourth-order valence-corrected chi connectivity index (χ4v) is 1.82. The Morgan fingerprint density at radius 2 is 1.53 bits per heavy atom. The Morgan fingerprint density at radius 3 is 1.88 bits per heavy atom. The van der Waals surface area contributed by atoms with Crippen LogP contribution in [0.3, 0.4) is 0 Å². The van der Waals surface area contributed by atoms with E-state index in [0.29, 0.717) is 6.04 Å². The zero-order valence-electron chi connectivity index (χ0n) is 12.2. The van der Waals surface area contributed by atoms with E-state index in [9.17, 15) is 4.79 Å². The van der Waals surface area contributed by atoms with E-state index in [4.69, 9.17) is 4.74 Å². The highest BCUT2D eigenvalue weighted by atomic mass is 16.5. The van der Waals surface area contributed by atoms with Crippen LogP contribution in [0.4, 0.5) is 0 Å². The summed E-state index contributed by atoms with van der Waals surface area (Å²) in [5, 5.41) is 0. The fraction of sp³-hybridized carbons (Fsp3) is 0.923. The molecule has 1 unspecified atom stereocenters. The van der Waals surface area contributed by atoms with Crippen molar-refractivity contribution in [2.24, 2.45) is 0 Å². The molecule has 0 radical (unpaired) electrons. The van der Waals surface area contributed by atoms with Crippen LogP contribution in [-0.4, -0.2) is 61.1 Å². The molecule has 0 aromatic heterocycles. The number of carbonyl (C=O) groups excluding carboxylic acids is 1. The van der Waals surface area contributed by atoms with Gasteiger partial charge in [0.05, 0.1) is 0 Å². The van der Waals surface area contributed by atoms with E-state index in [1.165, 1.54) is 0 Å². The van der Waals surface area contributed by atoms with E-state index in [1.807, 2.05) is 18.7 Å². The van der Waals surface area contributed by atoms with Gasteiger partial charge in [-0.25, -0.2) is 0 Å². The minimum Gasteiger partial charge on any atom is -0.372 e. The molecular formula is C13H28N2O2. The van der Waals surface area contributed by atoms with Crippen molar-refractivity contribution >= 4 is 5.91 Å². The standard InChI is InChI=1S/C11H22N2O2.C2H6/c1-9(2)12-5-7-13(8-6-12)11(14)10(3)15-4;1-2/h9-10H,5-8H2,1-4H3;1-2H3. The highest BCUT2D eigenvalue weighted by molar-refractivity contribution is 5.80. The molecule has 0 aliphatic carbocycles. The maximum absolute atomic E-state index is 11.8. The summed E-state index contributed by atoms with van der Waals surface area (Å²) in [5.41, 5.74) is 0. The zero-order valence-corrected chi connectivity index (χ0v) is 12.2. The van der Waals surface area contributed by atoms with Crippen molar-refractivity contribution < 1.29 is 9.53 Å². The van der Waals surface area contributed by atoms with E-state index in [1.54, 1.807) is 14.0 Å². The number of nitrogens with zero attached hydrogens (tertiary/aromatic N) is 2. The van der Waals surface area contributed by atoms with Crippen molar-refractivity contribution in [3.8, 4) is 0 Å². The third-order valence-electron chi connectivity index (χ3n) is 3.06. The molecule has 1 aliphatic rings. The van der Waals surface area contributed by atoms with Crippen molar-refractivity contribution in [2.75, 3.05) is 33.3 Å². The van der Waals surface area contributed by atoms with E-state index >= 15 is 0 Å². The first-order chi connectivity index (χ1) is 8.06. The molecule has 1 heterocycles. The Morgan fingerprint density at radius 1 is 1.06 bits per heavy atom. The van der Waals surface area contributed by atoms with Gasteiger partial charge >= 0.3 is 0 Å². The van der Waals surface area contributed by atoms with Crippen molar-refractivity contribution in [1.29, 1.82) is 0 Å². The Balaban J connectivity index is 0.00000121. The average molecular weight is 244 g/mol. The smallest absolute Gasteiger partial charge is 0.251 e. The van der Waals surface area contributed by atoms with Gasteiger partial charge in [-0.2, -0.15) is 0 Å². The monoisotopic (exact) mass is 244 g/mol. The number of rotatable bonds is 3. The van der Waals surface area contributed by atoms with Crippen LogP contribution < -0.4 is 0 Å². The van der Waals surface area contributed by atoms with Crippen molar-refractivity contribution in [3.63, 3.8) is 0 Å². The zero-order chi connectivity index (χ0) is 13.4. The summed E-state index contributed by atoms with van der Waals surface area (Å²) >= 11 is 0. The molecule has 1 aliphatic heterocycles. The van der Waals surface area contributed by atoms with Gasteiger partial charge in [0, 0.05) is 39.3 Å². The number of ether oxygens (including phenoxy) is 1. The minimum atomic E-state index is -0.310. The number of amides is 1. The first kappa shape index (κ1) is 16.4. The Kier molecular flexibility index (Phi) is 8.17. The Hall–Kier alpha value is -0.610. The molecule has 4 heteroatoms. The van der Waals surface area contributed by atoms with Gasteiger partial charge in [0.2, 0.25) is 0 Å². The van der Waals surface area contributed by atoms with Crippen LogP contribution in [0.5, 0.6) is 0 Å². The van der Waals surface area contributed by atoms with Gasteiger partial charge in [0.25, 0.3) is 5.91 Å². The lowest BCUT2D eigenvalue weighted by atomic mass is 10.2. The number of piperazine rings is 1. The summed E-state index contributed by atoms with van der Waals surface area (Å²) in [6, 6.07) is 0.571. The summed E-state index contributed by atoms with van der Waals surface area (Å²) in [7, 11) is 1.58. The van der Waals surface area contributed by atoms with E-state index < -0.39 is 0 Å². The van der Waals surface area contributed by atoms with Crippen molar-refractivity contribution in [2.45, 2.75) is 46.8 Å². The van der Waals surface area contributed by atoms with Gasteiger partial charge in [-0.15, -0.1) is 0 Å². The normalized spacial score (nSPS) is 18.6. The molecule has 0 N–H and O–H groups in total. The van der Waals surface area contributed by atoms with Gasteiger partial charge in [0.1, 0.15) is 6.10 Å². The maximum atomic E-state index is 11.8. The number of methoxy groups -OCH3 is 1. The van der Waals surface area contributed by atoms with Crippen LogP contribution in [0.2, 0.25) is 0 Å². The minimum absolute atomic E-state index is 0.112. The fourth-order valence-electron chi connectivity index (χ4n) is 1.82. The van der Waals surface area contributed by atoms with E-state index in [0.717, 1.165) is 26.2 Å². The predicted molar refractivity (Wildman–Crippen MR) is 71.1 cm³/mol. The summed E-state index contributed by atoms with van der Waals surface area (Å²) in [4.78, 5) is 16.1. The van der Waals surface area contributed by atoms with Crippen LogP contribution in [0.25, 0.3) is 0 Å². The molecule has 17 heavy (non-hydrogen) atoms. The van der Waals surface area contributed by atoms with Gasteiger partial charge in [-0.3, -0.25) is 9.69 Å². The molecule has 1 atom stereocenters. The molecule has 1 amide bonds. The second kappa shape index (κ2) is 8.48. The molecule has 1 rings (SSSR count).